The number of hydrogen-bond donors (Lipinski definition) is 1. The zero-order valence-corrected chi connectivity index (χ0v) is 26.4. The van der Waals surface area contributed by atoms with E-state index in [4.69, 9.17) is 14.2 Å². The fraction of sp³-hybridized carbons (Fsp3) is 0.294. The minimum absolute atomic E-state index is 0.350. The highest BCUT2D eigenvalue weighted by atomic mass is 31.1. The Hall–Kier alpha value is -3.06. The summed E-state index contributed by atoms with van der Waals surface area (Å²) in [6, 6.07) is 25.2. The first kappa shape index (κ1) is 29.9. The lowest BCUT2D eigenvalue weighted by Gasteiger charge is -2.26. The number of phenolic OH excluding ortho intramolecular Hbond substituents is 1. The molecule has 0 spiro atoms. The van der Waals surface area contributed by atoms with Gasteiger partial charge in [-0.1, -0.05) is 46.5 Å². The number of benzene rings is 4. The van der Waals surface area contributed by atoms with Gasteiger partial charge in [-0.05, 0) is 111 Å². The van der Waals surface area contributed by atoms with Crippen LogP contribution in [-0.2, 0) is 0 Å². The molecular weight excluding hydrogens is 534 g/mol. The van der Waals surface area contributed by atoms with Gasteiger partial charge < -0.3 is 19.3 Å². The van der Waals surface area contributed by atoms with Crippen LogP contribution in [0.15, 0.2) is 72.8 Å². The summed E-state index contributed by atoms with van der Waals surface area (Å²) in [5.74, 6) is 3.06. The van der Waals surface area contributed by atoms with Crippen molar-refractivity contribution in [3.05, 3.63) is 95.1 Å². The number of methoxy groups -OCH3 is 3. The molecule has 6 heteroatoms. The Kier molecular flexibility index (Phi) is 10.1. The number of phenols is 1. The number of aryl methyl sites for hydroxylation is 4. The molecule has 4 nitrogen and oxygen atoms in total. The number of ether oxygens (including phenoxy) is 3. The van der Waals surface area contributed by atoms with Gasteiger partial charge in [0, 0.05) is 21.2 Å². The molecule has 4 aromatic rings. The van der Waals surface area contributed by atoms with Crippen LogP contribution in [-0.4, -0.2) is 38.8 Å². The van der Waals surface area contributed by atoms with Crippen LogP contribution in [0.25, 0.3) is 0 Å². The molecule has 1 unspecified atom stereocenters. The molecule has 0 fully saturated rings. The Bertz CT molecular complexity index is 1410. The fourth-order valence-corrected chi connectivity index (χ4v) is 10.8. The summed E-state index contributed by atoms with van der Waals surface area (Å²) < 4.78 is 17.6. The van der Waals surface area contributed by atoms with E-state index in [1.54, 1.807) is 21.3 Å². The molecule has 210 valence electrons. The average molecular weight is 575 g/mol. The Morgan fingerprint density at radius 2 is 0.825 bits per heavy atom. The molecule has 1 atom stereocenters. The molecule has 1 N–H and O–H groups in total. The Morgan fingerprint density at radius 3 is 1.20 bits per heavy atom. The van der Waals surface area contributed by atoms with Gasteiger partial charge in [0.15, 0.2) is 0 Å². The van der Waals surface area contributed by atoms with Crippen molar-refractivity contribution >= 4 is 37.1 Å². The maximum Gasteiger partial charge on any atom is 0.126 e. The molecule has 0 amide bonds. The quantitative estimate of drug-likeness (QED) is 0.205. The van der Waals surface area contributed by atoms with Gasteiger partial charge >= 0.3 is 0 Å². The summed E-state index contributed by atoms with van der Waals surface area (Å²) >= 11 is 0. The predicted molar refractivity (Wildman–Crippen MR) is 173 cm³/mol. The van der Waals surface area contributed by atoms with Gasteiger partial charge in [0.05, 0.1) is 21.3 Å². The molecule has 4 rings (SSSR count). The van der Waals surface area contributed by atoms with Crippen LogP contribution in [0, 0.1) is 27.7 Å². The van der Waals surface area contributed by atoms with E-state index in [-0.39, 0.29) is 0 Å². The summed E-state index contributed by atoms with van der Waals surface area (Å²) in [4.78, 5) is 0. The smallest absolute Gasteiger partial charge is 0.126 e. The lowest BCUT2D eigenvalue weighted by molar-refractivity contribution is 0.417. The number of hydrogen-bond acceptors (Lipinski definition) is 4. The van der Waals surface area contributed by atoms with Gasteiger partial charge in [-0.2, -0.15) is 0 Å². The highest BCUT2D eigenvalue weighted by Gasteiger charge is 2.25. The third-order valence-electron chi connectivity index (χ3n) is 7.06. The van der Waals surface area contributed by atoms with Crippen molar-refractivity contribution in [2.45, 2.75) is 34.1 Å². The van der Waals surface area contributed by atoms with Crippen LogP contribution in [0.1, 0.15) is 28.7 Å². The fourth-order valence-electron chi connectivity index (χ4n) is 5.01. The lowest BCUT2D eigenvalue weighted by Crippen LogP contribution is -2.21. The van der Waals surface area contributed by atoms with Crippen molar-refractivity contribution < 1.29 is 19.3 Å². The molecule has 0 radical (unpaired) electrons. The van der Waals surface area contributed by atoms with Gasteiger partial charge in [0.2, 0.25) is 0 Å². The maximum atomic E-state index is 11.0. The topological polar surface area (TPSA) is 47.9 Å². The summed E-state index contributed by atoms with van der Waals surface area (Å²) in [6.07, 6.45) is 2.86. The molecule has 0 aliphatic carbocycles. The molecule has 0 saturated carbocycles. The first-order chi connectivity index (χ1) is 19.2. The molecular formula is C34H40O4P2. The van der Waals surface area contributed by atoms with Gasteiger partial charge in [-0.15, -0.1) is 0 Å². The Labute approximate surface area is 241 Å². The molecule has 0 bridgehead atoms. The second-order valence-corrected chi connectivity index (χ2v) is 14.7. The van der Waals surface area contributed by atoms with E-state index in [0.29, 0.717) is 5.75 Å². The average Bonchev–Trinajstić information content (AvgIpc) is 2.94. The Balaban J connectivity index is 1.76. The first-order valence-corrected chi connectivity index (χ1v) is 16.6. The zero-order chi connectivity index (χ0) is 28.8. The summed E-state index contributed by atoms with van der Waals surface area (Å²) in [5.41, 5.74) is 4.76. The van der Waals surface area contributed by atoms with Gasteiger partial charge in [-0.3, -0.25) is 0 Å². The van der Waals surface area contributed by atoms with Crippen LogP contribution < -0.4 is 35.4 Å². The second-order valence-electron chi connectivity index (χ2n) is 10.2. The van der Waals surface area contributed by atoms with Gasteiger partial charge in [0.25, 0.3) is 0 Å². The molecule has 40 heavy (non-hydrogen) atoms. The third-order valence-corrected chi connectivity index (χ3v) is 12.3. The highest BCUT2D eigenvalue weighted by Crippen LogP contribution is 2.45. The number of rotatable bonds is 11. The summed E-state index contributed by atoms with van der Waals surface area (Å²) in [5, 5.41) is 15.6. The molecule has 0 saturated heterocycles. The lowest BCUT2D eigenvalue weighted by atomic mass is 10.2. The van der Waals surface area contributed by atoms with Crippen LogP contribution in [0.2, 0.25) is 0 Å². The molecule has 0 aromatic heterocycles. The van der Waals surface area contributed by atoms with Crippen LogP contribution in [0.5, 0.6) is 23.0 Å². The van der Waals surface area contributed by atoms with Gasteiger partial charge in [0.1, 0.15) is 23.0 Å². The van der Waals surface area contributed by atoms with Crippen molar-refractivity contribution in [1.82, 2.24) is 0 Å². The summed E-state index contributed by atoms with van der Waals surface area (Å²) in [6.45, 7) is 8.46. The molecule has 0 aliphatic rings. The van der Waals surface area contributed by atoms with Gasteiger partial charge in [-0.25, -0.2) is 0 Å². The van der Waals surface area contributed by atoms with E-state index in [1.165, 1.54) is 32.6 Å². The largest absolute Gasteiger partial charge is 0.507 e. The zero-order valence-electron chi connectivity index (χ0n) is 24.6. The summed E-state index contributed by atoms with van der Waals surface area (Å²) in [7, 11) is 3.59. The van der Waals surface area contributed by atoms with Crippen LogP contribution in [0.4, 0.5) is 0 Å². The monoisotopic (exact) mass is 574 g/mol. The Morgan fingerprint density at radius 1 is 0.500 bits per heavy atom. The van der Waals surface area contributed by atoms with E-state index < -0.39 is 15.8 Å². The van der Waals surface area contributed by atoms with Crippen molar-refractivity contribution in [2.75, 3.05) is 33.7 Å². The SMILES string of the molecule is COc1ccc(C)cc1P(CCCP(c1cc(C)ccc1OC)c1cc(C)ccc1OC)c1cc(C)ccc1O. The number of aromatic hydroxyl groups is 1. The van der Waals surface area contributed by atoms with E-state index in [1.807, 2.05) is 12.1 Å². The first-order valence-electron chi connectivity index (χ1n) is 13.5. The van der Waals surface area contributed by atoms with Crippen LogP contribution in [0.3, 0.4) is 0 Å². The third kappa shape index (κ3) is 6.80. The molecule has 0 aliphatic heterocycles. The van der Waals surface area contributed by atoms with Crippen molar-refractivity contribution in [1.29, 1.82) is 0 Å². The van der Waals surface area contributed by atoms with E-state index >= 15 is 0 Å². The van der Waals surface area contributed by atoms with Crippen LogP contribution >= 0.6 is 15.8 Å². The molecule has 0 heterocycles. The molecule has 4 aromatic carbocycles. The highest BCUT2D eigenvalue weighted by molar-refractivity contribution is 7.74. The van der Waals surface area contributed by atoms with E-state index in [0.717, 1.165) is 46.9 Å². The van der Waals surface area contributed by atoms with Crippen molar-refractivity contribution in [3.63, 3.8) is 0 Å². The van der Waals surface area contributed by atoms with Crippen molar-refractivity contribution in [3.8, 4) is 23.0 Å². The second kappa shape index (κ2) is 13.5. The minimum Gasteiger partial charge on any atom is -0.507 e. The standard InChI is InChI=1S/C34H40O4P2/c1-23-9-13-27(35)31(19-23)39(32-20-24(2)10-14-28(32)36-5)17-8-18-40(33-21-25(3)11-15-29(33)37-6)34-22-26(4)12-16-30(34)38-7/h9-16,19-22,35H,8,17-18H2,1-7H3. The normalized spacial score (nSPS) is 11.9. The van der Waals surface area contributed by atoms with Crippen molar-refractivity contribution in [2.24, 2.45) is 0 Å². The predicted octanol–water partition coefficient (Wildman–Crippen LogP) is 6.61. The van der Waals surface area contributed by atoms with E-state index in [2.05, 4.69) is 88.4 Å². The maximum absolute atomic E-state index is 11.0. The minimum atomic E-state index is -0.861. The van der Waals surface area contributed by atoms with E-state index in [9.17, 15) is 5.11 Å².